The molecule has 1 saturated heterocycles. The molecule has 0 saturated carbocycles. The number of nitrogens with zero attached hydrogens (tertiary/aromatic N) is 4. The maximum Gasteiger partial charge on any atom is 0.211 e. The van der Waals surface area contributed by atoms with Crippen molar-refractivity contribution in [3.8, 4) is 0 Å². The van der Waals surface area contributed by atoms with Crippen LogP contribution >= 0.6 is 11.8 Å². The molecule has 4 rings (SSSR count). The molecule has 0 aliphatic carbocycles. The average Bonchev–Trinajstić information content (AvgIpc) is 3.27. The fourth-order valence-corrected chi connectivity index (χ4v) is 7.97. The Morgan fingerprint density at radius 3 is 1.82 bits per heavy atom. The minimum absolute atomic E-state index is 0.0615. The Labute approximate surface area is 205 Å². The lowest BCUT2D eigenvalue weighted by molar-refractivity contribution is 0.377. The molecule has 0 unspecified atom stereocenters. The monoisotopic (exact) mass is 492 g/mol. The summed E-state index contributed by atoms with van der Waals surface area (Å²) in [7, 11) is -3.39. The molecule has 0 amide bonds. The molecule has 0 radical (unpaired) electrons. The van der Waals surface area contributed by atoms with Crippen molar-refractivity contribution in [2.75, 3.05) is 19.3 Å². The van der Waals surface area contributed by atoms with E-state index in [2.05, 4.69) is 82.8 Å². The smallest absolute Gasteiger partial charge is 0.211 e. The summed E-state index contributed by atoms with van der Waals surface area (Å²) >= 11 is 1.81. The molecule has 34 heavy (non-hydrogen) atoms. The Bertz CT molecular complexity index is 1130. The number of hydrogen-bond donors (Lipinski definition) is 0. The first-order valence-corrected chi connectivity index (χ1v) is 14.0. The Morgan fingerprint density at radius 2 is 1.41 bits per heavy atom. The third-order valence-electron chi connectivity index (χ3n) is 6.26. The SMILES string of the molecule is CS(=O)(=O)N1C[C@H](SC(c2ccccc2)(c2ccccc2)c2ccccc2)C[C@@H]1CCN=[N+]=[N-]. The van der Waals surface area contributed by atoms with E-state index in [0.29, 0.717) is 19.4 Å². The summed E-state index contributed by atoms with van der Waals surface area (Å²) in [6, 6.07) is 31.1. The molecule has 8 heteroatoms. The molecule has 6 nitrogen and oxygen atoms in total. The molecule has 1 fully saturated rings. The van der Waals surface area contributed by atoms with Crippen LogP contribution in [0.25, 0.3) is 10.4 Å². The highest BCUT2D eigenvalue weighted by Gasteiger charge is 2.44. The van der Waals surface area contributed by atoms with Crippen LogP contribution in [0.5, 0.6) is 0 Å². The summed E-state index contributed by atoms with van der Waals surface area (Å²) in [5.41, 5.74) is 12.1. The van der Waals surface area contributed by atoms with E-state index in [9.17, 15) is 8.42 Å². The molecule has 1 heterocycles. The molecule has 3 aromatic carbocycles. The highest BCUT2D eigenvalue weighted by molar-refractivity contribution is 8.01. The number of azide groups is 1. The Balaban J connectivity index is 1.80. The van der Waals surface area contributed by atoms with Crippen LogP contribution < -0.4 is 0 Å². The van der Waals surface area contributed by atoms with Crippen molar-refractivity contribution in [2.24, 2.45) is 5.11 Å². The maximum atomic E-state index is 12.6. The second-order valence-electron chi connectivity index (χ2n) is 8.48. The van der Waals surface area contributed by atoms with Crippen molar-refractivity contribution < 1.29 is 8.42 Å². The Kier molecular flexibility index (Phi) is 7.63. The van der Waals surface area contributed by atoms with Crippen LogP contribution in [-0.2, 0) is 14.8 Å². The molecular weight excluding hydrogens is 464 g/mol. The number of rotatable bonds is 9. The lowest BCUT2D eigenvalue weighted by Gasteiger charge is -2.37. The molecule has 0 aromatic heterocycles. The van der Waals surface area contributed by atoms with Gasteiger partial charge in [0.2, 0.25) is 10.0 Å². The second-order valence-corrected chi connectivity index (χ2v) is 11.9. The highest BCUT2D eigenvalue weighted by Crippen LogP contribution is 2.52. The van der Waals surface area contributed by atoms with Gasteiger partial charge in [0.15, 0.2) is 0 Å². The minimum Gasteiger partial charge on any atom is -0.212 e. The third kappa shape index (κ3) is 5.15. The lowest BCUT2D eigenvalue weighted by atomic mass is 9.84. The topological polar surface area (TPSA) is 86.1 Å². The summed E-state index contributed by atoms with van der Waals surface area (Å²) in [5, 5.41) is 3.71. The first-order valence-electron chi connectivity index (χ1n) is 11.3. The van der Waals surface area contributed by atoms with Gasteiger partial charge in [0.1, 0.15) is 0 Å². The van der Waals surface area contributed by atoms with E-state index < -0.39 is 14.8 Å². The maximum absolute atomic E-state index is 12.6. The molecule has 0 N–H and O–H groups in total. The fraction of sp³-hybridized carbons (Fsp3) is 0.308. The van der Waals surface area contributed by atoms with Gasteiger partial charge in [-0.25, -0.2) is 8.42 Å². The summed E-state index contributed by atoms with van der Waals surface area (Å²) in [4.78, 5) is 2.83. The van der Waals surface area contributed by atoms with Gasteiger partial charge in [0.05, 0.1) is 11.0 Å². The van der Waals surface area contributed by atoms with Crippen LogP contribution in [0.2, 0.25) is 0 Å². The Hall–Kier alpha value is -2.77. The molecule has 1 aliphatic heterocycles. The Morgan fingerprint density at radius 1 is 0.941 bits per heavy atom. The van der Waals surface area contributed by atoms with Crippen molar-refractivity contribution in [2.45, 2.75) is 28.9 Å². The van der Waals surface area contributed by atoms with E-state index in [1.807, 2.05) is 30.0 Å². The van der Waals surface area contributed by atoms with Gasteiger partial charge < -0.3 is 0 Å². The zero-order chi connectivity index (χ0) is 24.0. The lowest BCUT2D eigenvalue weighted by Crippen LogP contribution is -2.35. The highest BCUT2D eigenvalue weighted by atomic mass is 32.2. The van der Waals surface area contributed by atoms with Crippen LogP contribution in [0.15, 0.2) is 96.1 Å². The fourth-order valence-electron chi connectivity index (χ4n) is 4.82. The molecule has 2 atom stereocenters. The van der Waals surface area contributed by atoms with Crippen molar-refractivity contribution in [1.82, 2.24) is 4.31 Å². The van der Waals surface area contributed by atoms with E-state index >= 15 is 0 Å². The van der Waals surface area contributed by atoms with Crippen LogP contribution in [0.3, 0.4) is 0 Å². The number of thioether (sulfide) groups is 1. The van der Waals surface area contributed by atoms with E-state index in [1.165, 1.54) is 6.26 Å². The van der Waals surface area contributed by atoms with Crippen LogP contribution in [0.4, 0.5) is 0 Å². The minimum atomic E-state index is -3.39. The zero-order valence-electron chi connectivity index (χ0n) is 19.1. The first-order chi connectivity index (χ1) is 16.4. The number of sulfonamides is 1. The quantitative estimate of drug-likeness (QED) is 0.163. The van der Waals surface area contributed by atoms with Crippen molar-refractivity contribution >= 4 is 21.8 Å². The van der Waals surface area contributed by atoms with Crippen molar-refractivity contribution in [3.63, 3.8) is 0 Å². The van der Waals surface area contributed by atoms with Gasteiger partial charge in [-0.2, -0.15) is 4.31 Å². The predicted octanol–water partition coefficient (Wildman–Crippen LogP) is 5.81. The summed E-state index contributed by atoms with van der Waals surface area (Å²) in [6.07, 6.45) is 2.48. The van der Waals surface area contributed by atoms with Gasteiger partial charge in [-0.3, -0.25) is 0 Å². The summed E-state index contributed by atoms with van der Waals surface area (Å²) < 4.78 is 26.3. The first kappa shape index (κ1) is 24.4. The molecule has 0 bridgehead atoms. The zero-order valence-corrected chi connectivity index (χ0v) is 20.7. The van der Waals surface area contributed by atoms with Gasteiger partial charge in [-0.1, -0.05) is 96.1 Å². The van der Waals surface area contributed by atoms with E-state index in [4.69, 9.17) is 5.53 Å². The van der Waals surface area contributed by atoms with E-state index in [-0.39, 0.29) is 17.8 Å². The van der Waals surface area contributed by atoms with Gasteiger partial charge in [0.25, 0.3) is 0 Å². The summed E-state index contributed by atoms with van der Waals surface area (Å²) in [5.74, 6) is 0. The standard InChI is InChI=1S/C26H28N4O2S2/c1-34(31,32)30-20-25(19-24(30)17-18-28-29-27)33-26(21-11-5-2-6-12-21,22-13-7-3-8-14-22)23-15-9-4-10-16-23/h2-16,24-25H,17-20H2,1H3/t24-,25+/m0/s1. The molecular formula is C26H28N4O2S2. The molecule has 3 aromatic rings. The van der Waals surface area contributed by atoms with Crippen molar-refractivity contribution in [3.05, 3.63) is 118 Å². The normalized spacial score (nSPS) is 19.0. The van der Waals surface area contributed by atoms with Gasteiger partial charge >= 0.3 is 0 Å². The van der Waals surface area contributed by atoms with E-state index in [0.717, 1.165) is 16.7 Å². The van der Waals surface area contributed by atoms with Crippen LogP contribution in [0, 0.1) is 0 Å². The van der Waals surface area contributed by atoms with Crippen LogP contribution in [-0.4, -0.2) is 43.4 Å². The largest absolute Gasteiger partial charge is 0.212 e. The van der Waals surface area contributed by atoms with Gasteiger partial charge in [-0.05, 0) is 35.1 Å². The van der Waals surface area contributed by atoms with Gasteiger partial charge in [0, 0.05) is 29.3 Å². The number of benzene rings is 3. The van der Waals surface area contributed by atoms with Crippen LogP contribution in [0.1, 0.15) is 29.5 Å². The average molecular weight is 493 g/mol. The van der Waals surface area contributed by atoms with Gasteiger partial charge in [-0.15, -0.1) is 11.8 Å². The van der Waals surface area contributed by atoms with Crippen molar-refractivity contribution in [1.29, 1.82) is 0 Å². The third-order valence-corrected chi connectivity index (χ3v) is 9.30. The number of hydrogen-bond acceptors (Lipinski definition) is 4. The predicted molar refractivity (Wildman–Crippen MR) is 139 cm³/mol. The molecule has 0 spiro atoms. The second kappa shape index (κ2) is 10.7. The van der Waals surface area contributed by atoms with E-state index in [1.54, 1.807) is 4.31 Å². The molecule has 1 aliphatic rings. The summed E-state index contributed by atoms with van der Waals surface area (Å²) in [6.45, 7) is 0.713. The molecule has 176 valence electrons.